The van der Waals surface area contributed by atoms with Crippen LogP contribution in [-0.2, 0) is 9.59 Å². The number of amides is 2. The van der Waals surface area contributed by atoms with Crippen LogP contribution in [0.15, 0.2) is 63.0 Å². The van der Waals surface area contributed by atoms with Gasteiger partial charge in [0.2, 0.25) is 0 Å². The highest BCUT2D eigenvalue weighted by molar-refractivity contribution is 9.10. The maximum atomic E-state index is 13.2. The van der Waals surface area contributed by atoms with E-state index in [1.54, 1.807) is 18.2 Å². The molecule has 0 aliphatic carbocycles. The number of anilines is 1. The average Bonchev–Trinajstić information content (AvgIpc) is 3.21. The van der Waals surface area contributed by atoms with Crippen molar-refractivity contribution in [2.45, 2.75) is 13.8 Å². The van der Waals surface area contributed by atoms with Gasteiger partial charge in [-0.25, -0.2) is 0 Å². The summed E-state index contributed by atoms with van der Waals surface area (Å²) >= 11 is 8.58. The van der Waals surface area contributed by atoms with Gasteiger partial charge in [-0.1, -0.05) is 12.1 Å². The molecule has 1 fully saturated rings. The van der Waals surface area contributed by atoms with Crippen LogP contribution >= 0.6 is 28.1 Å². The summed E-state index contributed by atoms with van der Waals surface area (Å²) in [6.07, 6.45) is 1.35. The van der Waals surface area contributed by atoms with Gasteiger partial charge in [0.1, 0.15) is 17.1 Å². The predicted molar refractivity (Wildman–Crippen MR) is 131 cm³/mol. The van der Waals surface area contributed by atoms with Crippen LogP contribution in [0.4, 0.5) is 11.4 Å². The van der Waals surface area contributed by atoms with Crippen LogP contribution in [0.25, 0.3) is 17.4 Å². The molecule has 4 rings (SSSR count). The summed E-state index contributed by atoms with van der Waals surface area (Å²) in [4.78, 5) is 37.5. The first-order chi connectivity index (χ1) is 15.7. The highest BCUT2D eigenvalue weighted by Crippen LogP contribution is 2.33. The number of aryl methyl sites for hydroxylation is 2. The number of thiocarbonyl (C=S) groups is 1. The number of rotatable bonds is 4. The van der Waals surface area contributed by atoms with Crippen LogP contribution < -0.4 is 10.2 Å². The van der Waals surface area contributed by atoms with E-state index in [1.165, 1.54) is 23.1 Å². The zero-order chi connectivity index (χ0) is 23.9. The highest BCUT2D eigenvalue weighted by Gasteiger charge is 2.35. The van der Waals surface area contributed by atoms with Crippen LogP contribution in [0.2, 0.25) is 0 Å². The van der Waals surface area contributed by atoms with Gasteiger partial charge in [-0.3, -0.25) is 29.9 Å². The third kappa shape index (κ3) is 4.35. The molecule has 166 valence electrons. The molecule has 1 N–H and O–H groups in total. The minimum Gasteiger partial charge on any atom is -0.457 e. The van der Waals surface area contributed by atoms with Crippen LogP contribution in [0, 0.1) is 24.0 Å². The number of nitrogens with zero attached hydrogens (tertiary/aromatic N) is 2. The standard InChI is InChI=1S/C23H16BrN3O5S/c1-12-3-4-13(2)19(9-12)26-22(29)17(21(28)25-23(26)33)11-15-6-8-20(32-15)16-7-5-14(27(30)31)10-18(16)24/h3-11H,1-2H3,(H,25,28,33)/b17-11-. The molecule has 0 saturated carbocycles. The molecule has 1 saturated heterocycles. The van der Waals surface area contributed by atoms with Gasteiger partial charge in [0.25, 0.3) is 17.5 Å². The van der Waals surface area contributed by atoms with Crippen molar-refractivity contribution >= 4 is 62.5 Å². The van der Waals surface area contributed by atoms with Gasteiger partial charge in [0.15, 0.2) is 5.11 Å². The van der Waals surface area contributed by atoms with Crippen molar-refractivity contribution in [3.8, 4) is 11.3 Å². The Balaban J connectivity index is 1.69. The number of halogens is 1. The molecule has 10 heteroatoms. The first-order valence-electron chi connectivity index (χ1n) is 9.68. The third-order valence-electron chi connectivity index (χ3n) is 5.05. The van der Waals surface area contributed by atoms with E-state index in [0.717, 1.165) is 11.1 Å². The number of nitrogens with one attached hydrogen (secondary N) is 1. The molecular formula is C23H16BrN3O5S. The molecule has 0 bridgehead atoms. The van der Waals surface area contributed by atoms with E-state index in [0.29, 0.717) is 21.5 Å². The van der Waals surface area contributed by atoms with Crippen LogP contribution in [0.5, 0.6) is 0 Å². The zero-order valence-corrected chi connectivity index (χ0v) is 19.8. The Kier molecular flexibility index (Phi) is 5.96. The number of nitro benzene ring substituents is 1. The van der Waals surface area contributed by atoms with Crippen molar-refractivity contribution in [3.63, 3.8) is 0 Å². The Bertz CT molecular complexity index is 1380. The topological polar surface area (TPSA) is 106 Å². The number of hydrogen-bond acceptors (Lipinski definition) is 6. The molecule has 2 aromatic carbocycles. The number of furan rings is 1. The summed E-state index contributed by atoms with van der Waals surface area (Å²) < 4.78 is 6.28. The monoisotopic (exact) mass is 525 g/mol. The van der Waals surface area contributed by atoms with Crippen molar-refractivity contribution in [1.82, 2.24) is 5.32 Å². The molecule has 2 heterocycles. The summed E-state index contributed by atoms with van der Waals surface area (Å²) in [7, 11) is 0. The first-order valence-corrected chi connectivity index (χ1v) is 10.9. The van der Waals surface area contributed by atoms with Crippen molar-refractivity contribution in [2.24, 2.45) is 0 Å². The van der Waals surface area contributed by atoms with Crippen molar-refractivity contribution in [3.05, 3.63) is 85.6 Å². The van der Waals surface area contributed by atoms with Crippen LogP contribution in [0.3, 0.4) is 0 Å². The SMILES string of the molecule is Cc1ccc(C)c(N2C(=O)/C(=C\c3ccc(-c4ccc([N+](=O)[O-])cc4Br)o3)C(=O)NC2=S)c1. The Morgan fingerprint density at radius 1 is 1.12 bits per heavy atom. The van der Waals surface area contributed by atoms with Gasteiger partial charge in [-0.15, -0.1) is 0 Å². The second kappa shape index (κ2) is 8.72. The van der Waals surface area contributed by atoms with E-state index >= 15 is 0 Å². The van der Waals surface area contributed by atoms with Crippen LogP contribution in [-0.4, -0.2) is 21.9 Å². The van der Waals surface area contributed by atoms with Gasteiger partial charge in [0.05, 0.1) is 10.6 Å². The minimum atomic E-state index is -0.624. The van der Waals surface area contributed by atoms with Crippen LogP contribution in [0.1, 0.15) is 16.9 Å². The van der Waals surface area contributed by atoms with Gasteiger partial charge in [0, 0.05) is 22.2 Å². The number of hydrogen-bond donors (Lipinski definition) is 1. The Morgan fingerprint density at radius 2 is 1.88 bits per heavy atom. The van der Waals surface area contributed by atoms with Gasteiger partial charge >= 0.3 is 0 Å². The predicted octanol–water partition coefficient (Wildman–Crippen LogP) is 5.07. The lowest BCUT2D eigenvalue weighted by molar-refractivity contribution is -0.384. The number of nitro groups is 1. The quantitative estimate of drug-likeness (QED) is 0.167. The van der Waals surface area contributed by atoms with Crippen molar-refractivity contribution in [1.29, 1.82) is 0 Å². The smallest absolute Gasteiger partial charge is 0.270 e. The molecule has 0 atom stereocenters. The average molecular weight is 526 g/mol. The lowest BCUT2D eigenvalue weighted by Gasteiger charge is -2.30. The van der Waals surface area contributed by atoms with E-state index in [9.17, 15) is 19.7 Å². The fourth-order valence-corrected chi connectivity index (χ4v) is 4.21. The molecule has 3 aromatic rings. The highest BCUT2D eigenvalue weighted by atomic mass is 79.9. The maximum absolute atomic E-state index is 13.2. The molecule has 0 radical (unpaired) electrons. The fourth-order valence-electron chi connectivity index (χ4n) is 3.37. The van der Waals surface area contributed by atoms with Gasteiger partial charge < -0.3 is 4.42 Å². The second-order valence-electron chi connectivity index (χ2n) is 7.37. The lowest BCUT2D eigenvalue weighted by atomic mass is 10.1. The molecule has 0 spiro atoms. The Hall–Kier alpha value is -3.63. The van der Waals surface area contributed by atoms with E-state index in [2.05, 4.69) is 21.2 Å². The molecule has 1 aliphatic heterocycles. The number of benzene rings is 2. The van der Waals surface area contributed by atoms with Gasteiger partial charge in [-0.2, -0.15) is 0 Å². The fraction of sp³-hybridized carbons (Fsp3) is 0.0870. The summed E-state index contributed by atoms with van der Waals surface area (Å²) in [5, 5.41) is 13.5. The minimum absolute atomic E-state index is 0.00537. The molecule has 1 aromatic heterocycles. The lowest BCUT2D eigenvalue weighted by Crippen LogP contribution is -2.54. The number of carbonyl (C=O) groups is 2. The molecule has 0 unspecified atom stereocenters. The number of non-ortho nitro benzene ring substituents is 1. The molecule has 2 amide bonds. The Labute approximate surface area is 202 Å². The van der Waals surface area contributed by atoms with Crippen molar-refractivity contribution in [2.75, 3.05) is 4.90 Å². The summed E-state index contributed by atoms with van der Waals surface area (Å²) in [6.45, 7) is 3.75. The van der Waals surface area contributed by atoms with E-state index in [1.807, 2.05) is 32.0 Å². The summed E-state index contributed by atoms with van der Waals surface area (Å²) in [5.41, 5.74) is 2.75. The summed E-state index contributed by atoms with van der Waals surface area (Å²) in [5.74, 6) is -0.510. The van der Waals surface area contributed by atoms with E-state index in [4.69, 9.17) is 16.6 Å². The van der Waals surface area contributed by atoms with E-state index in [-0.39, 0.29) is 22.1 Å². The first kappa shape index (κ1) is 22.6. The molecule has 33 heavy (non-hydrogen) atoms. The third-order valence-corrected chi connectivity index (χ3v) is 5.99. The molecule has 1 aliphatic rings. The second-order valence-corrected chi connectivity index (χ2v) is 8.61. The zero-order valence-electron chi connectivity index (χ0n) is 17.4. The normalized spacial score (nSPS) is 15.2. The van der Waals surface area contributed by atoms with E-state index < -0.39 is 16.7 Å². The number of carbonyl (C=O) groups excluding carboxylic acids is 2. The molecular weight excluding hydrogens is 510 g/mol. The maximum Gasteiger partial charge on any atom is 0.270 e. The largest absolute Gasteiger partial charge is 0.457 e. The van der Waals surface area contributed by atoms with Gasteiger partial charge in [-0.05, 0) is 83.5 Å². The Morgan fingerprint density at radius 3 is 2.58 bits per heavy atom. The molecule has 8 nitrogen and oxygen atoms in total. The summed E-state index contributed by atoms with van der Waals surface area (Å²) in [6, 6.07) is 13.2. The van der Waals surface area contributed by atoms with Crippen molar-refractivity contribution < 1.29 is 18.9 Å².